The Hall–Kier alpha value is -3.50. The first-order chi connectivity index (χ1) is 13.0. The first-order valence-corrected chi connectivity index (χ1v) is 8.36. The van der Waals surface area contributed by atoms with Crippen LogP contribution >= 0.6 is 11.6 Å². The fraction of sp³-hybridized carbons (Fsp3) is 0.105. The van der Waals surface area contributed by atoms with E-state index < -0.39 is 4.92 Å². The van der Waals surface area contributed by atoms with Gasteiger partial charge < -0.3 is 0 Å². The largest absolute Gasteiger partial charge is 0.279 e. The number of hydrogen-bond acceptors (Lipinski definition) is 5. The van der Waals surface area contributed by atoms with Gasteiger partial charge in [-0.15, -0.1) is 0 Å². The van der Waals surface area contributed by atoms with Gasteiger partial charge in [0.1, 0.15) is 11.6 Å². The molecule has 27 heavy (non-hydrogen) atoms. The summed E-state index contributed by atoms with van der Waals surface area (Å²) in [5.41, 5.74) is 3.03. The van der Waals surface area contributed by atoms with Crippen molar-refractivity contribution >= 4 is 29.3 Å². The number of benzene rings is 2. The molecule has 0 bridgehead atoms. The molecule has 8 heteroatoms. The maximum atomic E-state index is 11.0. The van der Waals surface area contributed by atoms with Gasteiger partial charge in [0.15, 0.2) is 5.82 Å². The minimum absolute atomic E-state index is 0.0168. The van der Waals surface area contributed by atoms with E-state index in [2.05, 4.69) is 21.3 Å². The smallest absolute Gasteiger partial charge is 0.272 e. The van der Waals surface area contributed by atoms with Crippen LogP contribution in [0, 0.1) is 28.4 Å². The van der Waals surface area contributed by atoms with E-state index in [0.29, 0.717) is 33.8 Å². The van der Waals surface area contributed by atoms with Crippen LogP contribution in [0.15, 0.2) is 47.5 Å². The Morgan fingerprint density at radius 1 is 1.37 bits per heavy atom. The number of H-pyrrole nitrogens is 1. The van der Waals surface area contributed by atoms with Crippen LogP contribution in [0.2, 0.25) is 5.02 Å². The lowest BCUT2D eigenvalue weighted by Gasteiger charge is -2.00. The molecule has 0 unspecified atom stereocenters. The second-order valence-corrected chi connectivity index (χ2v) is 6.32. The number of aliphatic imine (C=N–C) groups is 1. The third-order valence-corrected chi connectivity index (χ3v) is 4.20. The van der Waals surface area contributed by atoms with E-state index in [4.69, 9.17) is 11.6 Å². The number of halogens is 1. The molecule has 0 spiro atoms. The van der Waals surface area contributed by atoms with Crippen molar-refractivity contribution < 1.29 is 4.92 Å². The molecule has 1 heterocycles. The predicted octanol–water partition coefficient (Wildman–Crippen LogP) is 4.49. The first-order valence-electron chi connectivity index (χ1n) is 7.99. The Morgan fingerprint density at radius 3 is 2.89 bits per heavy atom. The van der Waals surface area contributed by atoms with Crippen LogP contribution < -0.4 is 0 Å². The molecule has 134 valence electrons. The molecule has 0 atom stereocenters. The van der Waals surface area contributed by atoms with Crippen molar-refractivity contribution in [1.29, 1.82) is 5.26 Å². The number of aryl methyl sites for hydroxylation is 1. The second-order valence-electron chi connectivity index (χ2n) is 5.88. The maximum absolute atomic E-state index is 11.0. The number of nitrogens with zero attached hydrogens (tertiary/aromatic N) is 4. The van der Waals surface area contributed by atoms with Crippen LogP contribution in [0.3, 0.4) is 0 Å². The fourth-order valence-electron chi connectivity index (χ4n) is 2.60. The van der Waals surface area contributed by atoms with E-state index in [1.807, 2.05) is 18.2 Å². The molecule has 2 aromatic carbocycles. The zero-order chi connectivity index (χ0) is 19.4. The third kappa shape index (κ3) is 4.19. The number of nitro groups is 1. The quantitative estimate of drug-likeness (QED) is 0.400. The first kappa shape index (κ1) is 18.3. The van der Waals surface area contributed by atoms with Crippen LogP contribution in [-0.2, 0) is 6.42 Å². The Bertz CT molecular complexity index is 1080. The van der Waals surface area contributed by atoms with Crippen LogP contribution in [0.5, 0.6) is 0 Å². The average molecular weight is 380 g/mol. The van der Waals surface area contributed by atoms with Crippen molar-refractivity contribution in [2.24, 2.45) is 4.99 Å². The highest BCUT2D eigenvalue weighted by Crippen LogP contribution is 2.23. The summed E-state index contributed by atoms with van der Waals surface area (Å²) in [4.78, 5) is 14.8. The molecule has 7 nitrogen and oxygen atoms in total. The molecule has 1 aromatic heterocycles. The number of aromatic amines is 1. The second kappa shape index (κ2) is 7.81. The lowest BCUT2D eigenvalue weighted by Crippen LogP contribution is -1.93. The van der Waals surface area contributed by atoms with Crippen molar-refractivity contribution in [2.75, 3.05) is 0 Å². The Morgan fingerprint density at radius 2 is 2.19 bits per heavy atom. The summed E-state index contributed by atoms with van der Waals surface area (Å²) >= 11 is 5.99. The van der Waals surface area contributed by atoms with Gasteiger partial charge in [-0.2, -0.15) is 10.4 Å². The Balaban J connectivity index is 1.87. The van der Waals surface area contributed by atoms with Crippen molar-refractivity contribution in [1.82, 2.24) is 10.2 Å². The van der Waals surface area contributed by atoms with Gasteiger partial charge in [0.2, 0.25) is 0 Å². The molecule has 0 saturated carbocycles. The lowest BCUT2D eigenvalue weighted by molar-refractivity contribution is -0.385. The highest BCUT2D eigenvalue weighted by Gasteiger charge is 2.14. The van der Waals surface area contributed by atoms with Gasteiger partial charge in [-0.3, -0.25) is 15.2 Å². The maximum Gasteiger partial charge on any atom is 0.272 e. The summed E-state index contributed by atoms with van der Waals surface area (Å²) in [5, 5.41) is 28.0. The molecule has 3 aromatic rings. The van der Waals surface area contributed by atoms with E-state index >= 15 is 0 Å². The number of nitrogens with one attached hydrogen (secondary N) is 1. The van der Waals surface area contributed by atoms with E-state index in [-0.39, 0.29) is 11.5 Å². The van der Waals surface area contributed by atoms with Crippen molar-refractivity contribution in [3.8, 4) is 6.07 Å². The van der Waals surface area contributed by atoms with Crippen LogP contribution in [0.4, 0.5) is 11.5 Å². The van der Waals surface area contributed by atoms with Gasteiger partial charge in [0.05, 0.1) is 10.6 Å². The van der Waals surface area contributed by atoms with E-state index in [1.165, 1.54) is 12.3 Å². The van der Waals surface area contributed by atoms with E-state index in [0.717, 1.165) is 5.56 Å². The van der Waals surface area contributed by atoms with E-state index in [1.54, 1.807) is 25.1 Å². The highest BCUT2D eigenvalue weighted by molar-refractivity contribution is 6.30. The third-order valence-electron chi connectivity index (χ3n) is 3.97. The molecular weight excluding hydrogens is 366 g/mol. The summed E-state index contributed by atoms with van der Waals surface area (Å²) in [5.74, 6) is 0.234. The SMILES string of the molecule is Cc1ccc(C=Nc2n[nH]c(Cc3cccc(Cl)c3)c2C#N)cc1[N+](=O)[O-]. The number of nitro benzene ring substituents is 1. The zero-order valence-corrected chi connectivity index (χ0v) is 15.1. The molecule has 0 aliphatic rings. The minimum Gasteiger partial charge on any atom is -0.279 e. The van der Waals surface area contributed by atoms with E-state index in [9.17, 15) is 15.4 Å². The molecular formula is C19H14ClN5O2. The van der Waals surface area contributed by atoms with Crippen LogP contribution in [0.25, 0.3) is 0 Å². The normalized spacial score (nSPS) is 10.9. The molecule has 0 aliphatic heterocycles. The highest BCUT2D eigenvalue weighted by atomic mass is 35.5. The van der Waals surface area contributed by atoms with Gasteiger partial charge in [0.25, 0.3) is 5.69 Å². The topological polar surface area (TPSA) is 108 Å². The molecule has 0 amide bonds. The Kier molecular flexibility index (Phi) is 5.29. The van der Waals surface area contributed by atoms with Crippen molar-refractivity contribution in [3.63, 3.8) is 0 Å². The van der Waals surface area contributed by atoms with Crippen molar-refractivity contribution in [3.05, 3.63) is 85.5 Å². The molecule has 0 radical (unpaired) electrons. The summed E-state index contributed by atoms with van der Waals surface area (Å²) in [7, 11) is 0. The van der Waals surface area contributed by atoms with Crippen LogP contribution in [0.1, 0.15) is 27.9 Å². The average Bonchev–Trinajstić information content (AvgIpc) is 3.02. The number of rotatable bonds is 5. The van der Waals surface area contributed by atoms with Gasteiger partial charge in [-0.05, 0) is 30.2 Å². The van der Waals surface area contributed by atoms with Gasteiger partial charge >= 0.3 is 0 Å². The minimum atomic E-state index is -0.439. The van der Waals surface area contributed by atoms with Gasteiger partial charge in [-0.1, -0.05) is 35.9 Å². The lowest BCUT2D eigenvalue weighted by atomic mass is 10.1. The molecule has 3 rings (SSSR count). The van der Waals surface area contributed by atoms with Crippen LogP contribution in [-0.4, -0.2) is 21.3 Å². The van der Waals surface area contributed by atoms with Crippen molar-refractivity contribution in [2.45, 2.75) is 13.3 Å². The predicted molar refractivity (Wildman–Crippen MR) is 103 cm³/mol. The zero-order valence-electron chi connectivity index (χ0n) is 14.3. The molecule has 0 aliphatic carbocycles. The van der Waals surface area contributed by atoms with Gasteiger partial charge in [0, 0.05) is 29.3 Å². The fourth-order valence-corrected chi connectivity index (χ4v) is 2.81. The monoisotopic (exact) mass is 379 g/mol. The summed E-state index contributed by atoms with van der Waals surface area (Å²) in [6, 6.07) is 14.2. The van der Waals surface area contributed by atoms with Gasteiger partial charge in [-0.25, -0.2) is 4.99 Å². The number of aromatic nitrogens is 2. The summed E-state index contributed by atoms with van der Waals surface area (Å²) in [6.07, 6.45) is 1.91. The standard InChI is InChI=1S/C19H14ClN5O2/c1-12-5-6-14(9-18(12)25(26)27)11-22-19-16(10-21)17(23-24-19)8-13-3-2-4-15(20)7-13/h2-7,9,11H,8H2,1H3,(H,23,24). The Labute approximate surface area is 160 Å². The number of nitriles is 1. The summed E-state index contributed by atoms with van der Waals surface area (Å²) < 4.78 is 0. The summed E-state index contributed by atoms with van der Waals surface area (Å²) in [6.45, 7) is 1.67. The molecule has 0 saturated heterocycles. The molecule has 0 fully saturated rings. The molecule has 1 N–H and O–H groups in total. The number of hydrogen-bond donors (Lipinski definition) is 1.